The molecule has 3 aromatic rings. The summed E-state index contributed by atoms with van der Waals surface area (Å²) in [6.45, 7) is 1.13. The summed E-state index contributed by atoms with van der Waals surface area (Å²) in [5, 5.41) is 16.0. The Labute approximate surface area is 442 Å². The first-order valence-corrected chi connectivity index (χ1v) is 24.9. The topological polar surface area (TPSA) is 469 Å². The normalized spacial score (nSPS) is 19.7. The van der Waals surface area contributed by atoms with E-state index in [4.69, 9.17) is 40.1 Å². The number of benzene rings is 2. The SMILES string of the molecule is CC(=O)N[C@@H](CCCN=C(N)N)C(=O)N[C@H]1CCC(=O)N([C@@H](CCCN)C(N)=O)C(=O)[C@H](Cc2c[nH]c3ccccc23)NC(=O)[C@H](CCCN=C(N)N)NC(=O)[C@@H](Cc2ccc(F)cc2)NC(=O)[C@H](CCC(N)=O)NC1=O. The Kier molecular flexibility index (Phi) is 23.7. The summed E-state index contributed by atoms with van der Waals surface area (Å²) in [5.74, 6) is -11.1. The zero-order valence-electron chi connectivity index (χ0n) is 42.7. The zero-order valence-corrected chi connectivity index (χ0v) is 42.7. The van der Waals surface area contributed by atoms with Gasteiger partial charge in [0.1, 0.15) is 48.1 Å². The van der Waals surface area contributed by atoms with E-state index < -0.39 is 133 Å². The molecular formula is C49H70FN17O10. The van der Waals surface area contributed by atoms with E-state index in [9.17, 15) is 47.5 Å². The third kappa shape index (κ3) is 19.5. The van der Waals surface area contributed by atoms with Crippen molar-refractivity contribution in [1.29, 1.82) is 0 Å². The largest absolute Gasteiger partial charge is 0.370 e. The first-order valence-electron chi connectivity index (χ1n) is 24.9. The Hall–Kier alpha value is -8.69. The highest BCUT2D eigenvalue weighted by atomic mass is 19.1. The molecule has 77 heavy (non-hydrogen) atoms. The lowest BCUT2D eigenvalue weighted by atomic mass is 9.99. The minimum atomic E-state index is -1.78. The average molecular weight is 1080 g/mol. The van der Waals surface area contributed by atoms with Crippen LogP contribution in [0.15, 0.2) is 64.7 Å². The molecule has 7 atom stereocenters. The maximum atomic E-state index is 15.3. The molecule has 2 heterocycles. The number of rotatable bonds is 23. The van der Waals surface area contributed by atoms with Crippen molar-refractivity contribution in [3.63, 3.8) is 0 Å². The molecule has 0 spiro atoms. The molecule has 0 bridgehead atoms. The number of halogens is 1. The van der Waals surface area contributed by atoms with Gasteiger partial charge in [0.25, 0.3) is 5.91 Å². The summed E-state index contributed by atoms with van der Waals surface area (Å²) in [4.78, 5) is 152. The second kappa shape index (κ2) is 30.0. The van der Waals surface area contributed by atoms with Gasteiger partial charge in [0.05, 0.1) is 0 Å². The highest BCUT2D eigenvalue weighted by molar-refractivity contribution is 6.05. The van der Waals surface area contributed by atoms with Crippen molar-refractivity contribution in [3.8, 4) is 0 Å². The number of carbonyl (C=O) groups excluding carboxylic acids is 10. The molecular weight excluding hydrogens is 1010 g/mol. The number of hydrogen-bond donors (Lipinski definition) is 14. The number of para-hydroxylation sites is 1. The number of guanidine groups is 2. The van der Waals surface area contributed by atoms with Gasteiger partial charge >= 0.3 is 0 Å². The molecule has 4 rings (SSSR count). The van der Waals surface area contributed by atoms with E-state index in [1.807, 2.05) is 0 Å². The number of fused-ring (bicyclic) bond motifs is 1. The zero-order chi connectivity index (χ0) is 56.8. The molecule has 21 N–H and O–H groups in total. The molecule has 1 aliphatic heterocycles. The summed E-state index contributed by atoms with van der Waals surface area (Å²) in [6, 6.07) is 0.577. The number of H-pyrrole nitrogens is 1. The summed E-state index contributed by atoms with van der Waals surface area (Å²) in [5.41, 5.74) is 40.7. The quantitative estimate of drug-likeness (QED) is 0.0187. The van der Waals surface area contributed by atoms with Crippen LogP contribution in [0.25, 0.3) is 10.9 Å². The van der Waals surface area contributed by atoms with Gasteiger partial charge in [0, 0.05) is 62.8 Å². The van der Waals surface area contributed by atoms with Crippen molar-refractivity contribution in [2.24, 2.45) is 50.1 Å². The molecule has 418 valence electrons. The molecule has 1 aliphatic rings. The highest BCUT2D eigenvalue weighted by Gasteiger charge is 2.40. The van der Waals surface area contributed by atoms with Gasteiger partial charge in [-0.25, -0.2) is 4.39 Å². The molecule has 1 saturated heterocycles. The van der Waals surface area contributed by atoms with Gasteiger partial charge in [-0.05, 0) is 87.2 Å². The predicted octanol–water partition coefficient (Wildman–Crippen LogP) is -3.86. The van der Waals surface area contributed by atoms with E-state index in [0.717, 1.165) is 19.1 Å². The monoisotopic (exact) mass is 1080 g/mol. The fraction of sp³-hybridized carbons (Fsp3) is 0.469. The predicted molar refractivity (Wildman–Crippen MR) is 280 cm³/mol. The van der Waals surface area contributed by atoms with Crippen LogP contribution in [0, 0.1) is 5.82 Å². The first kappa shape index (κ1) is 60.9. The number of aromatic amines is 1. The van der Waals surface area contributed by atoms with Crippen LogP contribution in [0.4, 0.5) is 4.39 Å². The van der Waals surface area contributed by atoms with Gasteiger partial charge < -0.3 is 77.0 Å². The van der Waals surface area contributed by atoms with Gasteiger partial charge in [-0.1, -0.05) is 30.3 Å². The molecule has 28 heteroatoms. The first-order chi connectivity index (χ1) is 36.6. The number of hydrogen-bond acceptors (Lipinski definition) is 13. The highest BCUT2D eigenvalue weighted by Crippen LogP contribution is 2.22. The van der Waals surface area contributed by atoms with E-state index in [2.05, 4.69) is 46.9 Å². The lowest BCUT2D eigenvalue weighted by molar-refractivity contribution is -0.154. The van der Waals surface area contributed by atoms with E-state index in [1.165, 1.54) is 12.1 Å². The van der Waals surface area contributed by atoms with Crippen LogP contribution in [-0.2, 0) is 60.8 Å². The third-order valence-electron chi connectivity index (χ3n) is 12.3. The third-order valence-corrected chi connectivity index (χ3v) is 12.3. The Morgan fingerprint density at radius 1 is 0.727 bits per heavy atom. The summed E-state index contributed by atoms with van der Waals surface area (Å²) >= 11 is 0. The molecule has 0 saturated carbocycles. The number of amides is 10. The Morgan fingerprint density at radius 2 is 1.32 bits per heavy atom. The smallest absolute Gasteiger partial charge is 0.252 e. The number of nitrogens with one attached hydrogen (secondary N) is 7. The van der Waals surface area contributed by atoms with Crippen molar-refractivity contribution in [2.45, 2.75) is 126 Å². The fourth-order valence-corrected chi connectivity index (χ4v) is 8.48. The number of imide groups is 1. The van der Waals surface area contributed by atoms with Gasteiger partial charge in [-0.2, -0.15) is 0 Å². The van der Waals surface area contributed by atoms with Crippen molar-refractivity contribution in [2.75, 3.05) is 19.6 Å². The second-order valence-electron chi connectivity index (χ2n) is 18.3. The number of nitrogens with zero attached hydrogens (tertiary/aromatic N) is 3. The van der Waals surface area contributed by atoms with E-state index in [-0.39, 0.29) is 82.9 Å². The number of carbonyl (C=O) groups is 10. The maximum absolute atomic E-state index is 15.3. The van der Waals surface area contributed by atoms with Gasteiger partial charge in [0.2, 0.25) is 53.2 Å². The maximum Gasteiger partial charge on any atom is 0.252 e. The number of aliphatic imine (C=N–C) groups is 2. The van der Waals surface area contributed by atoms with E-state index in [0.29, 0.717) is 26.9 Å². The molecule has 1 aromatic heterocycles. The van der Waals surface area contributed by atoms with Crippen LogP contribution < -0.4 is 72.0 Å². The van der Waals surface area contributed by atoms with Crippen molar-refractivity contribution < 1.29 is 52.3 Å². The van der Waals surface area contributed by atoms with Crippen molar-refractivity contribution in [3.05, 3.63) is 71.7 Å². The van der Waals surface area contributed by atoms with Crippen LogP contribution in [-0.4, -0.2) is 143 Å². The standard InChI is InChI=1S/C49H70FN17O10/c1-26(68)61-32(9-5-21-58-48(54)55)42(72)64-35-17-19-40(70)67(38(41(53)71)11-4-20-51)47(77)37(24-28-25-60-31-8-3-2-7-30(28)31)66-43(73)33(10-6-22-59-49(56)57)62-46(76)36(23-27-12-14-29(50)15-13-27)65-45(75)34(63-44(35)74)16-18-39(52)69/h2-3,7-8,12-15,25,32-38,60H,4-6,9-11,16-24,51H2,1H3,(H2,52,69)(H2,53,71)(H,61,68)(H,62,76)(H,63,74)(H,64,72)(H,65,75)(H,66,73)(H4,54,55,58)(H4,56,57,59)/t32-,33-,34-,35-,36+,37-,38-/m0/s1. The molecule has 0 radical (unpaired) electrons. The van der Waals surface area contributed by atoms with Crippen LogP contribution in [0.2, 0.25) is 0 Å². The summed E-state index contributed by atoms with van der Waals surface area (Å²) in [6.07, 6.45) is -1.73. The van der Waals surface area contributed by atoms with Crippen LogP contribution >= 0.6 is 0 Å². The lowest BCUT2D eigenvalue weighted by Crippen LogP contribution is -2.62. The minimum absolute atomic E-state index is 0.0148. The van der Waals surface area contributed by atoms with Crippen molar-refractivity contribution >= 4 is 81.9 Å². The minimum Gasteiger partial charge on any atom is -0.370 e. The molecule has 10 amide bonds. The molecule has 1 fully saturated rings. The number of nitrogens with two attached hydrogens (primary N) is 7. The molecule has 27 nitrogen and oxygen atoms in total. The van der Waals surface area contributed by atoms with Gasteiger partial charge in [0.15, 0.2) is 11.9 Å². The second-order valence-corrected chi connectivity index (χ2v) is 18.3. The Balaban J connectivity index is 1.95. The van der Waals surface area contributed by atoms with Crippen LogP contribution in [0.3, 0.4) is 0 Å². The van der Waals surface area contributed by atoms with Gasteiger partial charge in [-0.3, -0.25) is 62.8 Å². The van der Waals surface area contributed by atoms with Crippen LogP contribution in [0.5, 0.6) is 0 Å². The van der Waals surface area contributed by atoms with Gasteiger partial charge in [-0.15, -0.1) is 0 Å². The summed E-state index contributed by atoms with van der Waals surface area (Å²) in [7, 11) is 0. The molecule has 0 aliphatic carbocycles. The van der Waals surface area contributed by atoms with Crippen LogP contribution in [0.1, 0.15) is 82.3 Å². The molecule has 0 unspecified atom stereocenters. The summed E-state index contributed by atoms with van der Waals surface area (Å²) < 4.78 is 14.1. The molecule has 2 aromatic carbocycles. The van der Waals surface area contributed by atoms with E-state index in [1.54, 1.807) is 30.5 Å². The van der Waals surface area contributed by atoms with Crippen molar-refractivity contribution in [1.82, 2.24) is 41.8 Å². The fourth-order valence-electron chi connectivity index (χ4n) is 8.48. The Morgan fingerprint density at radius 3 is 1.95 bits per heavy atom. The number of primary amides is 2. The lowest BCUT2D eigenvalue weighted by Gasteiger charge is -2.33. The Bertz CT molecular complexity index is 2660. The van der Waals surface area contributed by atoms with E-state index >= 15 is 4.79 Å². The number of aromatic nitrogens is 1. The average Bonchev–Trinajstić information content (AvgIpc) is 3.78.